The molecule has 0 spiro atoms. The van der Waals surface area contributed by atoms with Gasteiger partial charge in [-0.2, -0.15) is 0 Å². The van der Waals surface area contributed by atoms with Crippen LogP contribution in [0.25, 0.3) is 0 Å². The van der Waals surface area contributed by atoms with E-state index in [1.165, 1.54) is 6.42 Å². The van der Waals surface area contributed by atoms with Gasteiger partial charge in [0, 0.05) is 32.7 Å². The predicted molar refractivity (Wildman–Crippen MR) is 75.8 cm³/mol. The zero-order valence-electron chi connectivity index (χ0n) is 12.6. The molecule has 4 heteroatoms. The summed E-state index contributed by atoms with van der Waals surface area (Å²) in [4.78, 5) is 15.9. The summed E-state index contributed by atoms with van der Waals surface area (Å²) in [6.07, 6.45) is 1.78. The average molecular weight is 258 g/mol. The minimum atomic E-state index is -0.0737. The molecule has 0 N–H and O–H groups in total. The number of carbonyl (C=O) groups is 1. The second-order valence-electron chi connectivity index (χ2n) is 4.54. The van der Waals surface area contributed by atoms with Crippen LogP contribution < -0.4 is 0 Å². The summed E-state index contributed by atoms with van der Waals surface area (Å²) < 4.78 is 4.90. The minimum absolute atomic E-state index is 0.0737. The minimum Gasteiger partial charge on any atom is -0.466 e. The van der Waals surface area contributed by atoms with Crippen molar-refractivity contribution in [3.05, 3.63) is 0 Å². The van der Waals surface area contributed by atoms with E-state index in [1.54, 1.807) is 0 Å². The lowest BCUT2D eigenvalue weighted by Gasteiger charge is -2.33. The fraction of sp³-hybridized carbons (Fsp3) is 0.929. The first-order valence-electron chi connectivity index (χ1n) is 7.28. The van der Waals surface area contributed by atoms with Gasteiger partial charge in [0.2, 0.25) is 0 Å². The van der Waals surface area contributed by atoms with Gasteiger partial charge in [-0.1, -0.05) is 27.2 Å². The highest BCUT2D eigenvalue weighted by atomic mass is 16.5. The van der Waals surface area contributed by atoms with Crippen molar-refractivity contribution in [2.75, 3.05) is 45.9 Å². The second kappa shape index (κ2) is 11.5. The van der Waals surface area contributed by atoms with Crippen molar-refractivity contribution in [3.8, 4) is 0 Å². The molecule has 0 saturated carbocycles. The predicted octanol–water partition coefficient (Wildman–Crippen LogP) is 1.99. The summed E-state index contributed by atoms with van der Waals surface area (Å²) in [5.41, 5.74) is 0. The Morgan fingerprint density at radius 1 is 1.00 bits per heavy atom. The van der Waals surface area contributed by atoms with Gasteiger partial charge in [0.25, 0.3) is 0 Å². The quantitative estimate of drug-likeness (QED) is 0.706. The molecule has 18 heavy (non-hydrogen) atoms. The Bertz CT molecular complexity index is 202. The molecule has 0 atom stereocenters. The number of rotatable bonds is 5. The van der Waals surface area contributed by atoms with Crippen molar-refractivity contribution in [1.82, 2.24) is 9.80 Å². The molecule has 0 amide bonds. The normalized spacial score (nSPS) is 16.9. The molecule has 1 fully saturated rings. The van der Waals surface area contributed by atoms with Crippen LogP contribution in [-0.4, -0.2) is 61.6 Å². The number of hydrogen-bond donors (Lipinski definition) is 0. The van der Waals surface area contributed by atoms with Crippen LogP contribution in [0.4, 0.5) is 0 Å². The molecule has 1 aliphatic rings. The summed E-state index contributed by atoms with van der Waals surface area (Å²) in [5, 5.41) is 0. The van der Waals surface area contributed by atoms with Gasteiger partial charge in [0.1, 0.15) is 0 Å². The first-order valence-corrected chi connectivity index (χ1v) is 7.28. The van der Waals surface area contributed by atoms with Crippen LogP contribution in [-0.2, 0) is 9.53 Å². The van der Waals surface area contributed by atoms with E-state index in [0.717, 1.165) is 39.3 Å². The molecule has 0 aliphatic carbocycles. The molecule has 0 aromatic rings. The molecule has 1 aliphatic heterocycles. The Balaban J connectivity index is 0.000000873. The molecule has 1 rings (SSSR count). The van der Waals surface area contributed by atoms with Gasteiger partial charge in [0.15, 0.2) is 0 Å². The van der Waals surface area contributed by atoms with Crippen LogP contribution in [0.15, 0.2) is 0 Å². The summed E-state index contributed by atoms with van der Waals surface area (Å²) in [7, 11) is 0. The van der Waals surface area contributed by atoms with E-state index in [-0.39, 0.29) is 5.97 Å². The Hall–Kier alpha value is -0.610. The maximum atomic E-state index is 11.1. The van der Waals surface area contributed by atoms with Gasteiger partial charge in [-0.3, -0.25) is 4.79 Å². The monoisotopic (exact) mass is 258 g/mol. The van der Waals surface area contributed by atoms with Crippen LogP contribution in [0, 0.1) is 0 Å². The van der Waals surface area contributed by atoms with Crippen LogP contribution in [0.1, 0.15) is 40.5 Å². The Morgan fingerprint density at radius 3 is 1.94 bits per heavy atom. The van der Waals surface area contributed by atoms with Crippen LogP contribution in [0.3, 0.4) is 0 Å². The van der Waals surface area contributed by atoms with Crippen LogP contribution >= 0.6 is 0 Å². The highest BCUT2D eigenvalue weighted by molar-refractivity contribution is 5.69. The third-order valence-corrected chi connectivity index (χ3v) is 2.85. The first-order chi connectivity index (χ1) is 8.67. The number of esters is 1. The molecule has 108 valence electrons. The summed E-state index contributed by atoms with van der Waals surface area (Å²) in [6.45, 7) is 15.1. The highest BCUT2D eigenvalue weighted by Gasteiger charge is 2.15. The molecule has 1 heterocycles. The molecule has 0 aromatic heterocycles. The Kier molecular flexibility index (Phi) is 11.1. The lowest BCUT2D eigenvalue weighted by Crippen LogP contribution is -2.46. The summed E-state index contributed by atoms with van der Waals surface area (Å²) in [6, 6.07) is 0. The summed E-state index contributed by atoms with van der Waals surface area (Å²) >= 11 is 0. The van der Waals surface area contributed by atoms with Crippen molar-refractivity contribution in [1.29, 1.82) is 0 Å². The zero-order valence-corrected chi connectivity index (χ0v) is 12.6. The largest absolute Gasteiger partial charge is 0.466 e. The fourth-order valence-corrected chi connectivity index (χ4v) is 1.81. The second-order valence-corrected chi connectivity index (χ2v) is 4.54. The van der Waals surface area contributed by atoms with E-state index in [1.807, 2.05) is 6.92 Å². The van der Waals surface area contributed by atoms with E-state index in [2.05, 4.69) is 30.6 Å². The van der Waals surface area contributed by atoms with Gasteiger partial charge >= 0.3 is 5.97 Å². The SMILES string of the molecule is CCC.CCOC(=O)CCN1CCN(CC)CC1. The van der Waals surface area contributed by atoms with Gasteiger partial charge in [0.05, 0.1) is 13.0 Å². The smallest absolute Gasteiger partial charge is 0.307 e. The average Bonchev–Trinajstić information content (AvgIpc) is 2.38. The van der Waals surface area contributed by atoms with Crippen molar-refractivity contribution < 1.29 is 9.53 Å². The third-order valence-electron chi connectivity index (χ3n) is 2.85. The van der Waals surface area contributed by atoms with Gasteiger partial charge in [-0.05, 0) is 13.5 Å². The summed E-state index contributed by atoms with van der Waals surface area (Å²) in [5.74, 6) is -0.0737. The van der Waals surface area contributed by atoms with Crippen LogP contribution in [0.5, 0.6) is 0 Å². The fourth-order valence-electron chi connectivity index (χ4n) is 1.81. The number of likely N-dealkylation sites (N-methyl/N-ethyl adjacent to an activating group) is 1. The van der Waals surface area contributed by atoms with Crippen LogP contribution in [0.2, 0.25) is 0 Å². The zero-order chi connectivity index (χ0) is 13.8. The maximum absolute atomic E-state index is 11.1. The molecule has 4 nitrogen and oxygen atoms in total. The number of carbonyl (C=O) groups excluding carboxylic acids is 1. The van der Waals surface area contributed by atoms with E-state index in [9.17, 15) is 4.79 Å². The van der Waals surface area contributed by atoms with Crippen molar-refractivity contribution in [2.45, 2.75) is 40.5 Å². The molecule has 0 radical (unpaired) electrons. The Labute approximate surface area is 112 Å². The number of nitrogens with zero attached hydrogens (tertiary/aromatic N) is 2. The van der Waals surface area contributed by atoms with E-state index in [4.69, 9.17) is 4.74 Å². The maximum Gasteiger partial charge on any atom is 0.307 e. The highest BCUT2D eigenvalue weighted by Crippen LogP contribution is 2.02. The molecular formula is C14H30N2O2. The molecule has 0 bridgehead atoms. The molecule has 0 aromatic carbocycles. The molecule has 0 unspecified atom stereocenters. The van der Waals surface area contributed by atoms with E-state index in [0.29, 0.717) is 13.0 Å². The number of piperazine rings is 1. The molecular weight excluding hydrogens is 228 g/mol. The van der Waals surface area contributed by atoms with Gasteiger partial charge in [-0.15, -0.1) is 0 Å². The lowest BCUT2D eigenvalue weighted by atomic mass is 10.3. The van der Waals surface area contributed by atoms with E-state index >= 15 is 0 Å². The Morgan fingerprint density at radius 2 is 1.50 bits per heavy atom. The number of ether oxygens (including phenoxy) is 1. The van der Waals surface area contributed by atoms with Gasteiger partial charge in [-0.25, -0.2) is 0 Å². The topological polar surface area (TPSA) is 32.8 Å². The van der Waals surface area contributed by atoms with Crippen molar-refractivity contribution >= 4 is 5.97 Å². The van der Waals surface area contributed by atoms with Crippen molar-refractivity contribution in [2.24, 2.45) is 0 Å². The number of hydrogen-bond acceptors (Lipinski definition) is 4. The van der Waals surface area contributed by atoms with E-state index < -0.39 is 0 Å². The lowest BCUT2D eigenvalue weighted by molar-refractivity contribution is -0.143. The first kappa shape index (κ1) is 17.4. The third kappa shape index (κ3) is 8.48. The standard InChI is InChI=1S/C11H22N2O2.C3H8/c1-3-12-7-9-13(10-8-12)6-5-11(14)15-4-2;1-3-2/h3-10H2,1-2H3;3H2,1-2H3. The molecule has 1 saturated heterocycles. The van der Waals surface area contributed by atoms with Crippen molar-refractivity contribution in [3.63, 3.8) is 0 Å². The van der Waals surface area contributed by atoms with Gasteiger partial charge < -0.3 is 14.5 Å².